The Morgan fingerprint density at radius 3 is 3.04 bits per heavy atom. The second-order valence-electron chi connectivity index (χ2n) is 5.98. The predicted molar refractivity (Wildman–Crippen MR) is 90.3 cm³/mol. The van der Waals surface area contributed by atoms with E-state index in [2.05, 4.69) is 20.6 Å². The molecule has 0 bridgehead atoms. The molecule has 1 atom stereocenters. The van der Waals surface area contributed by atoms with Crippen molar-refractivity contribution in [2.45, 2.75) is 25.8 Å². The Kier molecular flexibility index (Phi) is 3.93. The quantitative estimate of drug-likeness (QED) is 0.793. The number of urea groups is 1. The minimum atomic E-state index is -0.182. The maximum atomic E-state index is 12.8. The van der Waals surface area contributed by atoms with Gasteiger partial charge >= 0.3 is 6.03 Å². The van der Waals surface area contributed by atoms with E-state index in [1.807, 2.05) is 25.1 Å². The first-order chi connectivity index (χ1) is 12.2. The number of pyridine rings is 1. The molecule has 0 saturated carbocycles. The van der Waals surface area contributed by atoms with Gasteiger partial charge < -0.3 is 14.7 Å². The van der Waals surface area contributed by atoms with Crippen molar-refractivity contribution < 1.29 is 9.32 Å². The highest BCUT2D eigenvalue weighted by atomic mass is 16.5. The topological polar surface area (TPSA) is 89.1 Å². The molecule has 4 rings (SSSR count). The van der Waals surface area contributed by atoms with Gasteiger partial charge in [0.15, 0.2) is 11.6 Å². The van der Waals surface area contributed by atoms with Gasteiger partial charge in [-0.25, -0.2) is 14.5 Å². The Bertz CT molecular complexity index is 873. The monoisotopic (exact) mass is 338 g/mol. The summed E-state index contributed by atoms with van der Waals surface area (Å²) < 4.78 is 6.99. The van der Waals surface area contributed by atoms with Crippen molar-refractivity contribution in [3.8, 4) is 5.82 Å². The van der Waals surface area contributed by atoms with Crippen molar-refractivity contribution in [3.63, 3.8) is 0 Å². The maximum absolute atomic E-state index is 12.8. The number of aromatic nitrogens is 4. The van der Waals surface area contributed by atoms with Crippen LogP contribution in [0.3, 0.4) is 0 Å². The molecule has 0 radical (unpaired) electrons. The van der Waals surface area contributed by atoms with E-state index in [1.54, 1.807) is 34.2 Å². The molecule has 1 aliphatic heterocycles. The molecule has 2 amide bonds. The van der Waals surface area contributed by atoms with Gasteiger partial charge in [-0.1, -0.05) is 5.16 Å². The van der Waals surface area contributed by atoms with Gasteiger partial charge in [0.2, 0.25) is 0 Å². The number of anilines is 1. The Morgan fingerprint density at radius 1 is 1.36 bits per heavy atom. The van der Waals surface area contributed by atoms with Gasteiger partial charge in [-0.05, 0) is 38.0 Å². The predicted octanol–water partition coefficient (Wildman–Crippen LogP) is 2.93. The summed E-state index contributed by atoms with van der Waals surface area (Å²) in [5, 5.41) is 11.1. The number of carbonyl (C=O) groups is 1. The number of hydrogen-bond acceptors (Lipinski definition) is 5. The van der Waals surface area contributed by atoms with E-state index in [4.69, 9.17) is 4.52 Å². The Labute approximate surface area is 144 Å². The standard InChI is InChI=1S/C17H18N6O2/c1-12-11-15(25-21-12)14-6-3-9-22(14)17(24)20-13-5-2-7-18-16(13)23-10-4-8-19-23/h2,4-5,7-8,10-11,14H,3,6,9H2,1H3,(H,20,24)/t14-/m1/s1. The number of carbonyl (C=O) groups excluding carboxylic acids is 1. The van der Waals surface area contributed by atoms with Crippen molar-refractivity contribution in [1.82, 2.24) is 24.8 Å². The molecule has 3 aromatic rings. The average molecular weight is 338 g/mol. The normalized spacial score (nSPS) is 17.0. The molecule has 0 spiro atoms. The van der Waals surface area contributed by atoms with Gasteiger partial charge in [-0.3, -0.25) is 0 Å². The lowest BCUT2D eigenvalue weighted by Crippen LogP contribution is -2.34. The molecule has 0 aliphatic carbocycles. The number of hydrogen-bond donors (Lipinski definition) is 1. The number of rotatable bonds is 3. The fraction of sp³-hybridized carbons (Fsp3) is 0.294. The van der Waals surface area contributed by atoms with Crippen LogP contribution in [0.5, 0.6) is 0 Å². The van der Waals surface area contributed by atoms with Crippen molar-refractivity contribution in [1.29, 1.82) is 0 Å². The Morgan fingerprint density at radius 2 is 2.28 bits per heavy atom. The first-order valence-electron chi connectivity index (χ1n) is 8.18. The summed E-state index contributed by atoms with van der Waals surface area (Å²) in [5.41, 5.74) is 1.42. The highest BCUT2D eigenvalue weighted by Crippen LogP contribution is 2.33. The summed E-state index contributed by atoms with van der Waals surface area (Å²) >= 11 is 0. The van der Waals surface area contributed by atoms with Gasteiger partial charge in [0.25, 0.3) is 0 Å². The van der Waals surface area contributed by atoms with Gasteiger partial charge in [0.05, 0.1) is 17.4 Å². The van der Waals surface area contributed by atoms with Crippen LogP contribution < -0.4 is 5.32 Å². The van der Waals surface area contributed by atoms with Crippen LogP contribution >= 0.6 is 0 Å². The lowest BCUT2D eigenvalue weighted by molar-refractivity contribution is 0.195. The number of likely N-dealkylation sites (tertiary alicyclic amines) is 1. The van der Waals surface area contributed by atoms with Crippen LogP contribution in [0.2, 0.25) is 0 Å². The van der Waals surface area contributed by atoms with Crippen molar-refractivity contribution in [2.24, 2.45) is 0 Å². The third kappa shape index (κ3) is 2.98. The van der Waals surface area contributed by atoms with Crippen LogP contribution in [-0.2, 0) is 0 Å². The third-order valence-corrected chi connectivity index (χ3v) is 4.24. The Hall–Kier alpha value is -3.16. The van der Waals surface area contributed by atoms with Gasteiger partial charge in [-0.2, -0.15) is 5.10 Å². The van der Waals surface area contributed by atoms with Gasteiger partial charge in [0.1, 0.15) is 0 Å². The van der Waals surface area contributed by atoms with Crippen molar-refractivity contribution in [3.05, 3.63) is 54.3 Å². The van der Waals surface area contributed by atoms with Crippen LogP contribution in [0.15, 0.2) is 47.4 Å². The number of nitrogens with one attached hydrogen (secondary N) is 1. The number of nitrogens with zero attached hydrogens (tertiary/aromatic N) is 5. The second kappa shape index (κ2) is 6.39. The third-order valence-electron chi connectivity index (χ3n) is 4.24. The van der Waals surface area contributed by atoms with Crippen LogP contribution in [0, 0.1) is 6.92 Å². The van der Waals surface area contributed by atoms with E-state index >= 15 is 0 Å². The summed E-state index contributed by atoms with van der Waals surface area (Å²) in [6, 6.07) is 7.01. The van der Waals surface area contributed by atoms with E-state index < -0.39 is 0 Å². The summed E-state index contributed by atoms with van der Waals surface area (Å²) in [6.07, 6.45) is 6.91. The lowest BCUT2D eigenvalue weighted by Gasteiger charge is -2.23. The summed E-state index contributed by atoms with van der Waals surface area (Å²) in [5.74, 6) is 1.30. The highest BCUT2D eigenvalue weighted by Gasteiger charge is 2.33. The van der Waals surface area contributed by atoms with Crippen molar-refractivity contribution in [2.75, 3.05) is 11.9 Å². The second-order valence-corrected chi connectivity index (χ2v) is 5.98. The van der Waals surface area contributed by atoms with Gasteiger partial charge in [-0.15, -0.1) is 0 Å². The maximum Gasteiger partial charge on any atom is 0.322 e. The minimum Gasteiger partial charge on any atom is -0.359 e. The lowest BCUT2D eigenvalue weighted by atomic mass is 10.1. The van der Waals surface area contributed by atoms with Crippen LogP contribution in [0.4, 0.5) is 10.5 Å². The molecule has 1 saturated heterocycles. The zero-order valence-electron chi connectivity index (χ0n) is 13.8. The summed E-state index contributed by atoms with van der Waals surface area (Å²) in [7, 11) is 0. The molecular weight excluding hydrogens is 320 g/mol. The molecule has 1 aliphatic rings. The number of aryl methyl sites for hydroxylation is 1. The van der Waals surface area contributed by atoms with E-state index in [9.17, 15) is 4.79 Å². The first-order valence-corrected chi connectivity index (χ1v) is 8.18. The van der Waals surface area contributed by atoms with Crippen LogP contribution in [0.25, 0.3) is 5.82 Å². The fourth-order valence-electron chi connectivity index (χ4n) is 3.10. The molecular formula is C17H18N6O2. The summed E-state index contributed by atoms with van der Waals surface area (Å²) in [6.45, 7) is 2.55. The molecule has 3 aromatic heterocycles. The molecule has 128 valence electrons. The fourth-order valence-corrected chi connectivity index (χ4v) is 3.10. The van der Waals surface area contributed by atoms with E-state index in [0.29, 0.717) is 18.1 Å². The number of amides is 2. The average Bonchev–Trinajstić information content (AvgIpc) is 3.36. The first kappa shape index (κ1) is 15.4. The zero-order chi connectivity index (χ0) is 17.2. The van der Waals surface area contributed by atoms with Crippen LogP contribution in [-0.4, -0.2) is 37.4 Å². The Balaban J connectivity index is 1.56. The molecule has 0 aromatic carbocycles. The smallest absolute Gasteiger partial charge is 0.322 e. The molecule has 1 fully saturated rings. The molecule has 25 heavy (non-hydrogen) atoms. The summed E-state index contributed by atoms with van der Waals surface area (Å²) in [4.78, 5) is 18.9. The molecule has 0 unspecified atom stereocenters. The van der Waals surface area contributed by atoms with E-state index in [-0.39, 0.29) is 12.1 Å². The molecule has 4 heterocycles. The largest absolute Gasteiger partial charge is 0.359 e. The molecule has 8 heteroatoms. The van der Waals surface area contributed by atoms with E-state index in [0.717, 1.165) is 24.3 Å². The zero-order valence-corrected chi connectivity index (χ0v) is 13.8. The van der Waals surface area contributed by atoms with Crippen LogP contribution in [0.1, 0.15) is 30.3 Å². The SMILES string of the molecule is Cc1cc([C@H]2CCCN2C(=O)Nc2cccnc2-n2cccn2)on1. The van der Waals surface area contributed by atoms with E-state index in [1.165, 1.54) is 0 Å². The van der Waals surface area contributed by atoms with Gasteiger partial charge in [0, 0.05) is 31.2 Å². The molecule has 1 N–H and O–H groups in total. The minimum absolute atomic E-state index is 0.0916. The highest BCUT2D eigenvalue weighted by molar-refractivity contribution is 5.91. The van der Waals surface area contributed by atoms with Crippen molar-refractivity contribution >= 4 is 11.7 Å². The molecule has 8 nitrogen and oxygen atoms in total.